The lowest BCUT2D eigenvalue weighted by atomic mass is 9.99. The van der Waals surface area contributed by atoms with E-state index in [1.165, 1.54) is 12.1 Å². The van der Waals surface area contributed by atoms with Crippen LogP contribution in [0.2, 0.25) is 0 Å². The van der Waals surface area contributed by atoms with E-state index in [9.17, 15) is 9.18 Å². The number of aryl methyl sites for hydroxylation is 1. The third-order valence-corrected chi connectivity index (χ3v) is 3.74. The van der Waals surface area contributed by atoms with E-state index in [0.717, 1.165) is 24.8 Å². The van der Waals surface area contributed by atoms with Crippen LogP contribution in [0.1, 0.15) is 45.1 Å². The summed E-state index contributed by atoms with van der Waals surface area (Å²) in [7, 11) is 0. The average Bonchev–Trinajstić information content (AvgIpc) is 2.48. The number of nitrogens with two attached hydrogens (primary N) is 1. The van der Waals surface area contributed by atoms with Crippen LogP contribution in [0, 0.1) is 11.7 Å². The van der Waals surface area contributed by atoms with Crippen molar-refractivity contribution in [2.45, 2.75) is 52.0 Å². The smallest absolute Gasteiger partial charge is 0.223 e. The van der Waals surface area contributed by atoms with Crippen molar-refractivity contribution in [2.75, 3.05) is 6.54 Å². The summed E-state index contributed by atoms with van der Waals surface area (Å²) in [5.74, 6) is -0.283. The molecule has 2 atom stereocenters. The molecule has 1 aromatic carbocycles. The number of nitrogens with one attached hydrogen (secondary N) is 1. The van der Waals surface area contributed by atoms with E-state index < -0.39 is 0 Å². The van der Waals surface area contributed by atoms with Gasteiger partial charge in [0.1, 0.15) is 5.82 Å². The molecule has 0 heterocycles. The largest absolute Gasteiger partial charge is 0.352 e. The van der Waals surface area contributed by atoms with Crippen LogP contribution in [0.3, 0.4) is 0 Å². The summed E-state index contributed by atoms with van der Waals surface area (Å²) in [6, 6.07) is 6.60. The minimum Gasteiger partial charge on any atom is -0.352 e. The maximum absolute atomic E-state index is 13.1. The molecule has 1 rings (SSSR count). The Morgan fingerprint density at radius 2 is 2.14 bits per heavy atom. The first-order valence-corrected chi connectivity index (χ1v) is 7.81. The second kappa shape index (κ2) is 9.50. The summed E-state index contributed by atoms with van der Waals surface area (Å²) in [4.78, 5) is 12.1. The van der Waals surface area contributed by atoms with E-state index in [0.29, 0.717) is 19.4 Å². The third kappa shape index (κ3) is 6.71. The van der Waals surface area contributed by atoms with Gasteiger partial charge < -0.3 is 11.1 Å². The van der Waals surface area contributed by atoms with E-state index in [-0.39, 0.29) is 23.7 Å². The zero-order valence-electron chi connectivity index (χ0n) is 13.1. The Morgan fingerprint density at radius 3 is 2.76 bits per heavy atom. The van der Waals surface area contributed by atoms with Crippen molar-refractivity contribution >= 4 is 5.91 Å². The number of carbonyl (C=O) groups is 1. The summed E-state index contributed by atoms with van der Waals surface area (Å²) in [6.07, 6.45) is 4.51. The normalized spacial score (nSPS) is 13.7. The number of halogens is 1. The fourth-order valence-electron chi connectivity index (χ4n) is 2.25. The monoisotopic (exact) mass is 294 g/mol. The molecule has 3 nitrogen and oxygen atoms in total. The number of hydrogen-bond acceptors (Lipinski definition) is 2. The molecule has 21 heavy (non-hydrogen) atoms. The fourth-order valence-corrected chi connectivity index (χ4v) is 2.25. The van der Waals surface area contributed by atoms with Gasteiger partial charge in [-0.1, -0.05) is 38.8 Å². The molecule has 0 aliphatic heterocycles. The van der Waals surface area contributed by atoms with Gasteiger partial charge in [0.15, 0.2) is 0 Å². The second-order valence-corrected chi connectivity index (χ2v) is 5.65. The molecule has 0 saturated heterocycles. The number of carbonyl (C=O) groups excluding carboxylic acids is 1. The van der Waals surface area contributed by atoms with Gasteiger partial charge in [-0.15, -0.1) is 0 Å². The van der Waals surface area contributed by atoms with Crippen LogP contribution in [-0.4, -0.2) is 18.5 Å². The molecule has 0 saturated carbocycles. The van der Waals surface area contributed by atoms with Crippen molar-refractivity contribution in [1.82, 2.24) is 5.32 Å². The molecule has 0 bridgehead atoms. The maximum atomic E-state index is 13.1. The van der Waals surface area contributed by atoms with Crippen LogP contribution in [-0.2, 0) is 11.2 Å². The topological polar surface area (TPSA) is 55.1 Å². The summed E-state index contributed by atoms with van der Waals surface area (Å²) < 4.78 is 13.1. The first-order chi connectivity index (χ1) is 10.1. The van der Waals surface area contributed by atoms with Gasteiger partial charge in [-0.3, -0.25) is 4.79 Å². The number of unbranched alkanes of at least 4 members (excludes halogenated alkanes) is 1. The van der Waals surface area contributed by atoms with Crippen LogP contribution >= 0.6 is 0 Å². The molecule has 0 spiro atoms. The number of amides is 1. The lowest BCUT2D eigenvalue weighted by Crippen LogP contribution is -2.42. The summed E-state index contributed by atoms with van der Waals surface area (Å²) >= 11 is 0. The quantitative estimate of drug-likeness (QED) is 0.735. The first kappa shape index (κ1) is 17.6. The van der Waals surface area contributed by atoms with Gasteiger partial charge in [0.05, 0.1) is 0 Å². The first-order valence-electron chi connectivity index (χ1n) is 7.81. The van der Waals surface area contributed by atoms with Gasteiger partial charge in [0, 0.05) is 18.5 Å². The molecule has 2 unspecified atom stereocenters. The van der Waals surface area contributed by atoms with E-state index >= 15 is 0 Å². The predicted octanol–water partition coefficient (Wildman–Crippen LogP) is 3.03. The predicted molar refractivity (Wildman–Crippen MR) is 84.4 cm³/mol. The number of rotatable bonds is 9. The summed E-state index contributed by atoms with van der Waals surface area (Å²) in [5.41, 5.74) is 6.61. The Bertz CT molecular complexity index is 437. The molecular formula is C17H27FN2O. The zero-order valence-corrected chi connectivity index (χ0v) is 13.1. The highest BCUT2D eigenvalue weighted by Gasteiger charge is 2.16. The van der Waals surface area contributed by atoms with Crippen molar-refractivity contribution < 1.29 is 9.18 Å². The number of benzene rings is 1. The Hall–Kier alpha value is -1.42. The van der Waals surface area contributed by atoms with Crippen molar-refractivity contribution in [3.05, 3.63) is 35.6 Å². The molecule has 4 heteroatoms. The van der Waals surface area contributed by atoms with Gasteiger partial charge in [-0.05, 0) is 37.0 Å². The lowest BCUT2D eigenvalue weighted by Gasteiger charge is -2.19. The highest BCUT2D eigenvalue weighted by atomic mass is 19.1. The maximum Gasteiger partial charge on any atom is 0.223 e. The van der Waals surface area contributed by atoms with Crippen LogP contribution in [0.15, 0.2) is 24.3 Å². The molecule has 1 aromatic rings. The standard InChI is InChI=1S/C17H27FN2O/c1-3-4-8-16(12-19)20-17(21)13(2)9-10-14-6-5-7-15(18)11-14/h5-7,11,13,16H,3-4,8-10,12,19H2,1-2H3,(H,20,21). The van der Waals surface area contributed by atoms with E-state index in [1.54, 1.807) is 6.07 Å². The van der Waals surface area contributed by atoms with Crippen LogP contribution in [0.25, 0.3) is 0 Å². The van der Waals surface area contributed by atoms with E-state index in [1.807, 2.05) is 13.0 Å². The molecule has 0 radical (unpaired) electrons. The molecule has 1 amide bonds. The van der Waals surface area contributed by atoms with Crippen molar-refractivity contribution in [3.8, 4) is 0 Å². The zero-order chi connectivity index (χ0) is 15.7. The highest BCUT2D eigenvalue weighted by Crippen LogP contribution is 2.12. The van der Waals surface area contributed by atoms with E-state index in [2.05, 4.69) is 12.2 Å². The van der Waals surface area contributed by atoms with Gasteiger partial charge in [0.2, 0.25) is 5.91 Å². The Morgan fingerprint density at radius 1 is 1.38 bits per heavy atom. The van der Waals surface area contributed by atoms with Crippen LogP contribution in [0.4, 0.5) is 4.39 Å². The SMILES string of the molecule is CCCCC(CN)NC(=O)C(C)CCc1cccc(F)c1. The minimum atomic E-state index is -0.229. The van der Waals surface area contributed by atoms with Gasteiger partial charge in [0.25, 0.3) is 0 Å². The minimum absolute atomic E-state index is 0.0398. The molecule has 0 aliphatic carbocycles. The Kier molecular flexibility index (Phi) is 7.98. The molecule has 3 N–H and O–H groups in total. The molecule has 0 fully saturated rings. The molecular weight excluding hydrogens is 267 g/mol. The summed E-state index contributed by atoms with van der Waals surface area (Å²) in [5, 5.41) is 3.01. The van der Waals surface area contributed by atoms with Crippen molar-refractivity contribution in [1.29, 1.82) is 0 Å². The summed E-state index contributed by atoms with van der Waals surface area (Å²) in [6.45, 7) is 4.50. The van der Waals surface area contributed by atoms with Gasteiger partial charge >= 0.3 is 0 Å². The van der Waals surface area contributed by atoms with Crippen LogP contribution in [0.5, 0.6) is 0 Å². The van der Waals surface area contributed by atoms with E-state index in [4.69, 9.17) is 5.73 Å². The molecule has 118 valence electrons. The lowest BCUT2D eigenvalue weighted by molar-refractivity contribution is -0.125. The molecule has 0 aliphatic rings. The van der Waals surface area contributed by atoms with Crippen LogP contribution < -0.4 is 11.1 Å². The average molecular weight is 294 g/mol. The number of hydrogen-bond donors (Lipinski definition) is 2. The Balaban J connectivity index is 2.39. The van der Waals surface area contributed by atoms with Crippen molar-refractivity contribution in [3.63, 3.8) is 0 Å². The Labute approximate surface area is 127 Å². The second-order valence-electron chi connectivity index (χ2n) is 5.65. The van der Waals surface area contributed by atoms with Gasteiger partial charge in [-0.2, -0.15) is 0 Å². The van der Waals surface area contributed by atoms with Crippen molar-refractivity contribution in [2.24, 2.45) is 11.7 Å². The molecule has 0 aromatic heterocycles. The third-order valence-electron chi connectivity index (χ3n) is 3.74. The fraction of sp³-hybridized carbons (Fsp3) is 0.588. The van der Waals surface area contributed by atoms with Gasteiger partial charge in [-0.25, -0.2) is 4.39 Å². The highest BCUT2D eigenvalue weighted by molar-refractivity contribution is 5.78.